The molecule has 0 radical (unpaired) electrons. The molecule has 1 aliphatic heterocycles. The van der Waals surface area contributed by atoms with Crippen LogP contribution < -0.4 is 10.6 Å². The van der Waals surface area contributed by atoms with Gasteiger partial charge in [-0.3, -0.25) is 4.90 Å². The van der Waals surface area contributed by atoms with E-state index in [-0.39, 0.29) is 25.0 Å². The van der Waals surface area contributed by atoms with Gasteiger partial charge in [0, 0.05) is 25.7 Å². The Labute approximate surface area is 129 Å². The van der Waals surface area contributed by atoms with E-state index in [0.29, 0.717) is 13.0 Å². The molecule has 1 aliphatic rings. The predicted octanol–water partition coefficient (Wildman–Crippen LogP) is 1.72. The molecule has 1 saturated heterocycles. The van der Waals surface area contributed by atoms with E-state index >= 15 is 0 Å². The van der Waals surface area contributed by atoms with Crippen molar-refractivity contribution in [1.82, 2.24) is 15.5 Å². The molecule has 2 atom stereocenters. The summed E-state index contributed by atoms with van der Waals surface area (Å²) in [6.45, 7) is 3.68. The molecular weight excluding hydrogens is 299 g/mol. The van der Waals surface area contributed by atoms with Gasteiger partial charge < -0.3 is 15.7 Å². The molecule has 0 aromatic rings. The summed E-state index contributed by atoms with van der Waals surface area (Å²) >= 11 is 0. The fraction of sp³-hybridized carbons (Fsp3) is 0.929. The lowest BCUT2D eigenvalue weighted by molar-refractivity contribution is -0.143. The molecule has 1 heterocycles. The number of urea groups is 1. The van der Waals surface area contributed by atoms with Gasteiger partial charge >= 0.3 is 12.2 Å². The Morgan fingerprint density at radius 2 is 2.00 bits per heavy atom. The van der Waals surface area contributed by atoms with Crippen molar-refractivity contribution in [3.63, 3.8) is 0 Å². The van der Waals surface area contributed by atoms with Crippen molar-refractivity contribution < 1.29 is 23.1 Å². The van der Waals surface area contributed by atoms with E-state index < -0.39 is 24.9 Å². The number of carbonyl (C=O) groups is 1. The highest BCUT2D eigenvalue weighted by Gasteiger charge is 2.34. The summed E-state index contributed by atoms with van der Waals surface area (Å²) in [4.78, 5) is 13.0. The second-order valence-corrected chi connectivity index (χ2v) is 5.83. The lowest BCUT2D eigenvalue weighted by atomic mass is 9.97. The third-order valence-electron chi connectivity index (χ3n) is 4.08. The number of nitrogens with one attached hydrogen (secondary N) is 2. The molecule has 2 unspecified atom stereocenters. The fourth-order valence-corrected chi connectivity index (χ4v) is 2.78. The lowest BCUT2D eigenvalue weighted by Gasteiger charge is -2.21. The highest BCUT2D eigenvalue weighted by atomic mass is 19.4. The summed E-state index contributed by atoms with van der Waals surface area (Å²) in [5.74, 6) is 0.133. The maximum absolute atomic E-state index is 12.3. The van der Waals surface area contributed by atoms with Gasteiger partial charge in [-0.2, -0.15) is 13.2 Å². The maximum Gasteiger partial charge on any atom is 0.401 e. The smallest absolute Gasteiger partial charge is 0.391 e. The number of aliphatic hydroxyl groups is 1. The molecule has 3 N–H and O–H groups in total. The zero-order chi connectivity index (χ0) is 16.8. The minimum atomic E-state index is -4.21. The second kappa shape index (κ2) is 8.57. The van der Waals surface area contributed by atoms with Gasteiger partial charge in [0.15, 0.2) is 0 Å². The Morgan fingerprint density at radius 1 is 1.36 bits per heavy atom. The van der Waals surface area contributed by atoms with E-state index in [2.05, 4.69) is 10.6 Å². The van der Waals surface area contributed by atoms with Gasteiger partial charge in [-0.15, -0.1) is 0 Å². The summed E-state index contributed by atoms with van der Waals surface area (Å²) < 4.78 is 36.8. The summed E-state index contributed by atoms with van der Waals surface area (Å²) in [6.07, 6.45) is -2.66. The molecule has 0 bridgehead atoms. The van der Waals surface area contributed by atoms with Gasteiger partial charge in [-0.05, 0) is 12.3 Å². The minimum absolute atomic E-state index is 0.133. The average Bonchev–Trinajstić information content (AvgIpc) is 2.82. The SMILES string of the molecule is CCC(CC)C(O)CNC(=O)NC1CCN(CC(F)(F)F)C1. The molecule has 0 spiro atoms. The van der Waals surface area contributed by atoms with Gasteiger partial charge in [0.1, 0.15) is 0 Å². The number of hydrogen-bond acceptors (Lipinski definition) is 3. The Balaban J connectivity index is 2.26. The van der Waals surface area contributed by atoms with Crippen LogP contribution in [0.1, 0.15) is 33.1 Å². The normalized spacial score (nSPS) is 21.1. The van der Waals surface area contributed by atoms with Gasteiger partial charge in [0.25, 0.3) is 0 Å². The number of halogens is 3. The van der Waals surface area contributed by atoms with Crippen LogP contribution in [-0.2, 0) is 0 Å². The number of rotatable bonds is 7. The molecule has 1 fully saturated rings. The Kier molecular flexibility index (Phi) is 7.41. The number of likely N-dealkylation sites (tertiary alicyclic amines) is 1. The second-order valence-electron chi connectivity index (χ2n) is 5.83. The number of nitrogens with zero attached hydrogens (tertiary/aromatic N) is 1. The monoisotopic (exact) mass is 325 g/mol. The van der Waals surface area contributed by atoms with Crippen LogP contribution in [0.15, 0.2) is 0 Å². The van der Waals surface area contributed by atoms with E-state index in [1.165, 1.54) is 4.90 Å². The molecule has 8 heteroatoms. The number of aliphatic hydroxyl groups excluding tert-OH is 1. The Bertz CT molecular complexity index is 349. The molecule has 0 saturated carbocycles. The van der Waals surface area contributed by atoms with Crippen molar-refractivity contribution in [2.75, 3.05) is 26.2 Å². The molecule has 0 aromatic heterocycles. The summed E-state index contributed by atoms with van der Waals surface area (Å²) in [6, 6.07) is -0.725. The van der Waals surface area contributed by atoms with Gasteiger partial charge in [0.05, 0.1) is 12.6 Å². The highest BCUT2D eigenvalue weighted by molar-refractivity contribution is 5.74. The van der Waals surface area contributed by atoms with Crippen LogP contribution in [-0.4, -0.2) is 60.5 Å². The predicted molar refractivity (Wildman–Crippen MR) is 77.5 cm³/mol. The van der Waals surface area contributed by atoms with Crippen LogP contribution in [0, 0.1) is 5.92 Å². The molecule has 1 rings (SSSR count). The van der Waals surface area contributed by atoms with Crippen LogP contribution in [0.3, 0.4) is 0 Å². The summed E-state index contributed by atoms with van der Waals surface area (Å²) in [7, 11) is 0. The maximum atomic E-state index is 12.3. The zero-order valence-electron chi connectivity index (χ0n) is 13.1. The number of alkyl halides is 3. The van der Waals surface area contributed by atoms with Crippen molar-refractivity contribution in [2.45, 2.75) is 51.4 Å². The minimum Gasteiger partial charge on any atom is -0.391 e. The first-order chi connectivity index (χ1) is 10.2. The van der Waals surface area contributed by atoms with Gasteiger partial charge in [0.2, 0.25) is 0 Å². The van der Waals surface area contributed by atoms with Crippen LogP contribution in [0.2, 0.25) is 0 Å². The van der Waals surface area contributed by atoms with E-state index in [1.807, 2.05) is 13.8 Å². The van der Waals surface area contributed by atoms with Crippen LogP contribution in [0.25, 0.3) is 0 Å². The van der Waals surface area contributed by atoms with E-state index in [0.717, 1.165) is 12.8 Å². The van der Waals surface area contributed by atoms with E-state index in [4.69, 9.17) is 0 Å². The van der Waals surface area contributed by atoms with Crippen LogP contribution >= 0.6 is 0 Å². The van der Waals surface area contributed by atoms with Crippen LogP contribution in [0.4, 0.5) is 18.0 Å². The molecule has 22 heavy (non-hydrogen) atoms. The first kappa shape index (κ1) is 19.0. The Hall–Kier alpha value is -1.02. The largest absolute Gasteiger partial charge is 0.401 e. The quantitative estimate of drug-likeness (QED) is 0.668. The molecule has 5 nitrogen and oxygen atoms in total. The topological polar surface area (TPSA) is 64.6 Å². The number of amides is 2. The third kappa shape index (κ3) is 6.83. The molecule has 130 valence electrons. The van der Waals surface area contributed by atoms with Gasteiger partial charge in [-0.1, -0.05) is 26.7 Å². The van der Waals surface area contributed by atoms with Crippen LogP contribution in [0.5, 0.6) is 0 Å². The first-order valence-corrected chi connectivity index (χ1v) is 7.76. The Morgan fingerprint density at radius 3 is 2.55 bits per heavy atom. The lowest BCUT2D eigenvalue weighted by Crippen LogP contribution is -2.46. The highest BCUT2D eigenvalue weighted by Crippen LogP contribution is 2.19. The summed E-state index contributed by atoms with van der Waals surface area (Å²) in [5.41, 5.74) is 0. The molecule has 0 aliphatic carbocycles. The molecular formula is C14H26F3N3O2. The average molecular weight is 325 g/mol. The first-order valence-electron chi connectivity index (χ1n) is 7.76. The van der Waals surface area contributed by atoms with Crippen molar-refractivity contribution in [3.05, 3.63) is 0 Å². The van der Waals surface area contributed by atoms with E-state index in [9.17, 15) is 23.1 Å². The standard InChI is InChI=1S/C14H26F3N3O2/c1-3-10(4-2)12(21)7-18-13(22)19-11-5-6-20(8-11)9-14(15,16)17/h10-12,21H,3-9H2,1-2H3,(H2,18,19,22). The third-order valence-corrected chi connectivity index (χ3v) is 4.08. The fourth-order valence-electron chi connectivity index (χ4n) is 2.78. The zero-order valence-corrected chi connectivity index (χ0v) is 13.1. The number of carbonyl (C=O) groups excluding carboxylic acids is 1. The summed E-state index contributed by atoms with van der Waals surface area (Å²) in [5, 5.41) is 15.1. The number of hydrogen-bond donors (Lipinski definition) is 3. The van der Waals surface area contributed by atoms with Crippen molar-refractivity contribution >= 4 is 6.03 Å². The van der Waals surface area contributed by atoms with Crippen molar-refractivity contribution in [3.8, 4) is 0 Å². The van der Waals surface area contributed by atoms with Gasteiger partial charge in [-0.25, -0.2) is 4.79 Å². The molecule has 2 amide bonds. The van der Waals surface area contributed by atoms with E-state index in [1.54, 1.807) is 0 Å². The van der Waals surface area contributed by atoms with Crippen molar-refractivity contribution in [1.29, 1.82) is 0 Å². The van der Waals surface area contributed by atoms with Crippen molar-refractivity contribution in [2.24, 2.45) is 5.92 Å². The molecule has 0 aromatic carbocycles.